The normalized spacial score (nSPS) is 26.2. The molecule has 112 valence electrons. The van der Waals surface area contributed by atoms with Gasteiger partial charge in [0.05, 0.1) is 24.5 Å². The summed E-state index contributed by atoms with van der Waals surface area (Å²) >= 11 is 6.23. The van der Waals surface area contributed by atoms with E-state index in [2.05, 4.69) is 29.1 Å². The Hall–Kier alpha value is -1.03. The molecule has 0 radical (unpaired) electrons. The highest BCUT2D eigenvalue weighted by molar-refractivity contribution is 6.18. The fraction of sp³-hybridized carbons (Fsp3) is 0.733. The smallest absolute Gasteiger partial charge is 0.234 e. The van der Waals surface area contributed by atoms with Crippen molar-refractivity contribution in [1.29, 1.82) is 0 Å². The van der Waals surface area contributed by atoms with Crippen LogP contribution in [-0.2, 0) is 0 Å². The Bertz CT molecular complexity index is 429. The Morgan fingerprint density at radius 1 is 1.50 bits per heavy atom. The van der Waals surface area contributed by atoms with Gasteiger partial charge in [-0.1, -0.05) is 26.7 Å². The number of rotatable bonds is 6. The van der Waals surface area contributed by atoms with Crippen LogP contribution in [0.3, 0.4) is 0 Å². The highest BCUT2D eigenvalue weighted by Crippen LogP contribution is 2.35. The third-order valence-corrected chi connectivity index (χ3v) is 4.32. The third-order valence-electron chi connectivity index (χ3n) is 3.81. The predicted octanol–water partition coefficient (Wildman–Crippen LogP) is 3.87. The van der Waals surface area contributed by atoms with Gasteiger partial charge >= 0.3 is 0 Å². The van der Waals surface area contributed by atoms with E-state index in [9.17, 15) is 0 Å². The molecule has 1 saturated carbocycles. The Morgan fingerprint density at radius 3 is 3.05 bits per heavy atom. The van der Waals surface area contributed by atoms with Crippen LogP contribution in [0.4, 0.5) is 5.82 Å². The maximum absolute atomic E-state index is 6.23. The average molecular weight is 298 g/mol. The molecule has 0 saturated heterocycles. The van der Waals surface area contributed by atoms with Gasteiger partial charge in [0.25, 0.3) is 0 Å². The Labute approximate surface area is 126 Å². The van der Waals surface area contributed by atoms with Gasteiger partial charge in [-0.15, -0.1) is 11.6 Å². The van der Waals surface area contributed by atoms with Crippen LogP contribution in [0.1, 0.15) is 46.0 Å². The van der Waals surface area contributed by atoms with Gasteiger partial charge < -0.3 is 10.1 Å². The number of hydrogen-bond donors (Lipinski definition) is 1. The topological polar surface area (TPSA) is 47.0 Å². The Balaban J connectivity index is 2.07. The molecule has 0 bridgehead atoms. The molecule has 1 aromatic heterocycles. The summed E-state index contributed by atoms with van der Waals surface area (Å²) in [6, 6.07) is 0. The number of nitrogens with one attached hydrogen (secondary N) is 1. The molecule has 1 N–H and O–H groups in total. The maximum Gasteiger partial charge on any atom is 0.234 e. The molecule has 5 heteroatoms. The second kappa shape index (κ2) is 7.11. The second-order valence-electron chi connectivity index (χ2n) is 5.83. The number of nitrogens with zero attached hydrogens (tertiary/aromatic N) is 2. The molecule has 0 aromatic carbocycles. The lowest BCUT2D eigenvalue weighted by molar-refractivity contribution is 0.277. The van der Waals surface area contributed by atoms with Gasteiger partial charge in [-0.25, -0.2) is 0 Å². The minimum absolute atomic E-state index is 0.0583. The van der Waals surface area contributed by atoms with Crippen LogP contribution in [0.5, 0.6) is 5.88 Å². The van der Waals surface area contributed by atoms with Gasteiger partial charge in [-0.3, -0.25) is 4.98 Å². The van der Waals surface area contributed by atoms with Crippen molar-refractivity contribution in [3.05, 3.63) is 12.4 Å². The minimum Gasteiger partial charge on any atom is -0.477 e. The molecule has 1 aromatic rings. The van der Waals surface area contributed by atoms with Crippen molar-refractivity contribution < 1.29 is 4.74 Å². The number of ether oxygens (including phenoxy) is 1. The number of aromatic nitrogens is 2. The Kier molecular flexibility index (Phi) is 5.46. The summed E-state index contributed by atoms with van der Waals surface area (Å²) in [5, 5.41) is 3.51. The maximum atomic E-state index is 6.23. The summed E-state index contributed by atoms with van der Waals surface area (Å²) in [5.41, 5.74) is -0.0583. The van der Waals surface area contributed by atoms with Crippen LogP contribution in [-0.4, -0.2) is 28.0 Å². The van der Waals surface area contributed by atoms with Crippen LogP contribution >= 0.6 is 11.6 Å². The van der Waals surface area contributed by atoms with Crippen molar-refractivity contribution >= 4 is 17.4 Å². The minimum atomic E-state index is -0.0583. The van der Waals surface area contributed by atoms with Gasteiger partial charge in [-0.05, 0) is 25.2 Å². The average Bonchev–Trinajstić information content (AvgIpc) is 2.45. The van der Waals surface area contributed by atoms with Crippen molar-refractivity contribution in [2.24, 2.45) is 5.92 Å². The lowest BCUT2D eigenvalue weighted by atomic mass is 9.77. The zero-order valence-corrected chi connectivity index (χ0v) is 13.1. The van der Waals surface area contributed by atoms with Gasteiger partial charge in [0.15, 0.2) is 0 Å². The molecule has 20 heavy (non-hydrogen) atoms. The molecule has 1 heterocycles. The molecular weight excluding hydrogens is 274 g/mol. The van der Waals surface area contributed by atoms with E-state index in [0.29, 0.717) is 24.3 Å². The fourth-order valence-corrected chi connectivity index (χ4v) is 3.19. The summed E-state index contributed by atoms with van der Waals surface area (Å²) in [6.07, 6.45) is 9.01. The molecule has 0 spiro atoms. The van der Waals surface area contributed by atoms with Crippen molar-refractivity contribution in [2.75, 3.05) is 17.8 Å². The zero-order chi connectivity index (χ0) is 14.4. The van der Waals surface area contributed by atoms with Gasteiger partial charge in [0.1, 0.15) is 5.82 Å². The lowest BCUT2D eigenvalue weighted by Crippen LogP contribution is -2.44. The van der Waals surface area contributed by atoms with Crippen LogP contribution in [0.15, 0.2) is 12.4 Å². The van der Waals surface area contributed by atoms with E-state index in [1.54, 1.807) is 12.4 Å². The molecule has 2 atom stereocenters. The lowest BCUT2D eigenvalue weighted by Gasteiger charge is -2.39. The first-order valence-corrected chi connectivity index (χ1v) is 8.00. The number of anilines is 1. The first-order valence-electron chi connectivity index (χ1n) is 7.46. The SMILES string of the molecule is CCCOc1cncc(NC2(CCl)CCCC(C)C2)n1. The number of halogens is 1. The van der Waals surface area contributed by atoms with E-state index >= 15 is 0 Å². The molecule has 0 aliphatic heterocycles. The van der Waals surface area contributed by atoms with Gasteiger partial charge in [-0.2, -0.15) is 4.98 Å². The summed E-state index contributed by atoms with van der Waals surface area (Å²) in [5.74, 6) is 2.63. The van der Waals surface area contributed by atoms with E-state index in [1.165, 1.54) is 12.8 Å². The highest BCUT2D eigenvalue weighted by Gasteiger charge is 2.34. The van der Waals surface area contributed by atoms with Crippen molar-refractivity contribution in [3.8, 4) is 5.88 Å². The number of alkyl halides is 1. The molecule has 4 nitrogen and oxygen atoms in total. The standard InChI is InChI=1S/C15H24ClN3O/c1-3-7-20-14-10-17-9-13(18-14)19-15(11-16)6-4-5-12(2)8-15/h9-10,12H,3-8,11H2,1-2H3,(H,18,19). The van der Waals surface area contributed by atoms with Gasteiger partial charge in [0, 0.05) is 5.88 Å². The van der Waals surface area contributed by atoms with Crippen LogP contribution in [0.25, 0.3) is 0 Å². The molecule has 1 aliphatic rings. The van der Waals surface area contributed by atoms with E-state index in [4.69, 9.17) is 16.3 Å². The monoisotopic (exact) mass is 297 g/mol. The van der Waals surface area contributed by atoms with E-state index in [0.717, 1.165) is 25.1 Å². The summed E-state index contributed by atoms with van der Waals surface area (Å²) in [7, 11) is 0. The van der Waals surface area contributed by atoms with Crippen LogP contribution in [0.2, 0.25) is 0 Å². The molecular formula is C15H24ClN3O. The van der Waals surface area contributed by atoms with Gasteiger partial charge in [0.2, 0.25) is 5.88 Å². The van der Waals surface area contributed by atoms with E-state index in [1.807, 2.05) is 0 Å². The van der Waals surface area contributed by atoms with E-state index in [-0.39, 0.29) is 5.54 Å². The van der Waals surface area contributed by atoms with Crippen molar-refractivity contribution in [1.82, 2.24) is 9.97 Å². The third kappa shape index (κ3) is 3.98. The molecule has 2 rings (SSSR count). The molecule has 1 aliphatic carbocycles. The summed E-state index contributed by atoms with van der Waals surface area (Å²) in [4.78, 5) is 8.66. The Morgan fingerprint density at radius 2 is 2.35 bits per heavy atom. The highest BCUT2D eigenvalue weighted by atomic mass is 35.5. The van der Waals surface area contributed by atoms with Crippen LogP contribution < -0.4 is 10.1 Å². The summed E-state index contributed by atoms with van der Waals surface area (Å²) in [6.45, 7) is 5.02. The van der Waals surface area contributed by atoms with Crippen molar-refractivity contribution in [2.45, 2.75) is 51.5 Å². The molecule has 2 unspecified atom stereocenters. The predicted molar refractivity (Wildman–Crippen MR) is 82.5 cm³/mol. The largest absolute Gasteiger partial charge is 0.477 e. The summed E-state index contributed by atoms with van der Waals surface area (Å²) < 4.78 is 5.53. The second-order valence-corrected chi connectivity index (χ2v) is 6.10. The zero-order valence-electron chi connectivity index (χ0n) is 12.4. The molecule has 0 amide bonds. The van der Waals surface area contributed by atoms with E-state index < -0.39 is 0 Å². The first kappa shape index (κ1) is 15.4. The van der Waals surface area contributed by atoms with Crippen molar-refractivity contribution in [3.63, 3.8) is 0 Å². The molecule has 1 fully saturated rings. The first-order chi connectivity index (χ1) is 9.67. The van der Waals surface area contributed by atoms with Crippen LogP contribution in [0, 0.1) is 5.92 Å². The quantitative estimate of drug-likeness (QED) is 0.810. The fourth-order valence-electron chi connectivity index (χ4n) is 2.88. The number of hydrogen-bond acceptors (Lipinski definition) is 4.